The van der Waals surface area contributed by atoms with Crippen LogP contribution in [0, 0.1) is 19.9 Å². The molecule has 0 aromatic heterocycles. The van der Waals surface area contributed by atoms with E-state index in [0.717, 1.165) is 12.2 Å². The van der Waals surface area contributed by atoms with Crippen LogP contribution in [0.1, 0.15) is 31.4 Å². The van der Waals surface area contributed by atoms with E-state index in [0.29, 0.717) is 6.10 Å². The summed E-state index contributed by atoms with van der Waals surface area (Å²) in [5.74, 6) is 1.02. The first-order valence-electron chi connectivity index (χ1n) is 5.05. The SMILES string of the molecule is CCC(C)Oc1c(C)c[c-]cc1C.[Zn+][Br]. The molecule has 0 spiro atoms. The average Bonchev–Trinajstić information content (AvgIpc) is 2.26. The van der Waals surface area contributed by atoms with Gasteiger partial charge < -0.3 is 4.74 Å². The van der Waals surface area contributed by atoms with E-state index in [1.54, 1.807) is 0 Å². The Labute approximate surface area is 110 Å². The van der Waals surface area contributed by atoms with Gasteiger partial charge in [0, 0.05) is 5.75 Å². The zero-order valence-corrected chi connectivity index (χ0v) is 14.5. The molecule has 0 saturated carbocycles. The summed E-state index contributed by atoms with van der Waals surface area (Å²) in [5.41, 5.74) is 2.33. The predicted octanol–water partition coefficient (Wildman–Crippen LogP) is 4.12. The first kappa shape index (κ1) is 15.1. The summed E-state index contributed by atoms with van der Waals surface area (Å²) < 4.78 is 5.81. The Morgan fingerprint density at radius 3 is 2.20 bits per heavy atom. The van der Waals surface area contributed by atoms with Gasteiger partial charge in [0.05, 0.1) is 6.10 Å². The summed E-state index contributed by atoms with van der Waals surface area (Å²) in [5, 5.41) is 0. The minimum atomic E-state index is 0.291. The molecule has 3 heteroatoms. The van der Waals surface area contributed by atoms with Gasteiger partial charge in [-0.3, -0.25) is 0 Å². The molecule has 0 aliphatic heterocycles. The number of rotatable bonds is 3. The van der Waals surface area contributed by atoms with Gasteiger partial charge in [-0.05, 0) is 13.3 Å². The van der Waals surface area contributed by atoms with Gasteiger partial charge in [0.15, 0.2) is 0 Å². The molecule has 0 aliphatic rings. The molecule has 15 heavy (non-hydrogen) atoms. The molecule has 1 aromatic rings. The zero-order chi connectivity index (χ0) is 11.8. The number of hydrogen-bond donors (Lipinski definition) is 0. The van der Waals surface area contributed by atoms with Gasteiger partial charge in [0.25, 0.3) is 0 Å². The third kappa shape index (κ3) is 5.13. The second-order valence-corrected chi connectivity index (χ2v) is 3.49. The van der Waals surface area contributed by atoms with E-state index < -0.39 is 0 Å². The molecule has 80 valence electrons. The van der Waals surface area contributed by atoms with Crippen molar-refractivity contribution in [1.29, 1.82) is 0 Å². The molecule has 0 aliphatic carbocycles. The monoisotopic (exact) mass is 320 g/mol. The molecule has 1 atom stereocenters. The van der Waals surface area contributed by atoms with Crippen LogP contribution < -0.4 is 4.74 Å². The molecule has 1 rings (SSSR count). The molecule has 0 heterocycles. The summed E-state index contributed by atoms with van der Waals surface area (Å²) in [4.78, 5) is 0. The number of ether oxygens (including phenoxy) is 1. The van der Waals surface area contributed by atoms with Gasteiger partial charge in [-0.25, -0.2) is 0 Å². The second-order valence-electron chi connectivity index (χ2n) is 3.49. The standard InChI is InChI=1S/C12H17O.BrH.Zn/c1-5-11(4)13-12-9(2)7-6-8-10(12)3;;/h7-8,11H,5H2,1-4H3;1H;/q-1;;+2/p-1. The summed E-state index contributed by atoms with van der Waals surface area (Å²) in [6.07, 6.45) is 1.33. The quantitative estimate of drug-likeness (QED) is 0.601. The summed E-state index contributed by atoms with van der Waals surface area (Å²) in [6.45, 7) is 8.34. The van der Waals surface area contributed by atoms with Crippen molar-refractivity contribution in [3.8, 4) is 5.75 Å². The molecule has 0 saturated heterocycles. The first-order valence-corrected chi connectivity index (χ1v) is 12.0. The van der Waals surface area contributed by atoms with Crippen LogP contribution in [0.3, 0.4) is 0 Å². The number of aryl methyl sites for hydroxylation is 2. The number of benzene rings is 1. The molecule has 1 nitrogen and oxygen atoms in total. The van der Waals surface area contributed by atoms with Gasteiger partial charge in [-0.2, -0.15) is 18.2 Å². The maximum absolute atomic E-state index is 5.81. The van der Waals surface area contributed by atoms with Crippen LogP contribution in [0.4, 0.5) is 0 Å². The molecular weight excluding hydrogens is 305 g/mol. The molecule has 0 radical (unpaired) electrons. The zero-order valence-electron chi connectivity index (χ0n) is 9.93. The van der Waals surface area contributed by atoms with E-state index in [1.165, 1.54) is 27.5 Å². The van der Waals surface area contributed by atoms with Crippen LogP contribution in [0.2, 0.25) is 0 Å². The van der Waals surface area contributed by atoms with Crippen molar-refractivity contribution in [2.75, 3.05) is 0 Å². The van der Waals surface area contributed by atoms with Crippen molar-refractivity contribution in [3.63, 3.8) is 0 Å². The third-order valence-electron chi connectivity index (χ3n) is 2.21. The third-order valence-corrected chi connectivity index (χ3v) is 2.21. The average molecular weight is 323 g/mol. The second kappa shape index (κ2) is 8.30. The van der Waals surface area contributed by atoms with Crippen molar-refractivity contribution < 1.29 is 21.1 Å². The van der Waals surface area contributed by atoms with Gasteiger partial charge in [0.1, 0.15) is 0 Å². The fourth-order valence-corrected chi connectivity index (χ4v) is 1.20. The Morgan fingerprint density at radius 2 is 1.80 bits per heavy atom. The van der Waals surface area contributed by atoms with Crippen molar-refractivity contribution >= 4 is 13.6 Å². The predicted molar refractivity (Wildman–Crippen MR) is 64.1 cm³/mol. The van der Waals surface area contributed by atoms with E-state index >= 15 is 0 Å². The van der Waals surface area contributed by atoms with Crippen LogP contribution in [-0.2, 0) is 16.3 Å². The molecule has 0 bridgehead atoms. The fraction of sp³-hybridized carbons (Fsp3) is 0.500. The normalized spacial score (nSPS) is 11.4. The number of halogens is 1. The summed E-state index contributed by atoms with van der Waals surface area (Å²) in [7, 11) is 0. The maximum atomic E-state index is 5.81. The van der Waals surface area contributed by atoms with E-state index in [2.05, 4.69) is 47.4 Å². The van der Waals surface area contributed by atoms with Gasteiger partial charge in [-0.1, -0.05) is 20.8 Å². The Bertz CT molecular complexity index is 269. The Kier molecular flexibility index (Phi) is 8.36. The van der Waals surface area contributed by atoms with E-state index in [1.807, 2.05) is 12.1 Å². The van der Waals surface area contributed by atoms with Crippen LogP contribution in [0.5, 0.6) is 5.75 Å². The summed E-state index contributed by atoms with van der Waals surface area (Å²) >= 11 is 4.25. The molecule has 1 aromatic carbocycles. The molecule has 0 N–H and O–H groups in total. The molecule has 0 fully saturated rings. The summed E-state index contributed by atoms with van der Waals surface area (Å²) in [6, 6.07) is 7.01. The molecule has 0 amide bonds. The van der Waals surface area contributed by atoms with Gasteiger partial charge in [-0.15, -0.1) is 11.1 Å². The van der Waals surface area contributed by atoms with Crippen LogP contribution in [0.15, 0.2) is 12.1 Å². The Hall–Kier alpha value is 0.123. The van der Waals surface area contributed by atoms with Gasteiger partial charge in [0.2, 0.25) is 0 Å². The fourth-order valence-electron chi connectivity index (χ4n) is 1.20. The minimum absolute atomic E-state index is 0.291. The van der Waals surface area contributed by atoms with E-state index in [-0.39, 0.29) is 0 Å². The van der Waals surface area contributed by atoms with Crippen molar-refractivity contribution in [2.45, 2.75) is 40.2 Å². The van der Waals surface area contributed by atoms with Gasteiger partial charge >= 0.3 is 30.0 Å². The molecular formula is C12H17BrOZn. The van der Waals surface area contributed by atoms with Crippen LogP contribution >= 0.6 is 13.6 Å². The van der Waals surface area contributed by atoms with Crippen LogP contribution in [-0.4, -0.2) is 6.10 Å². The molecule has 1 unspecified atom stereocenters. The van der Waals surface area contributed by atoms with E-state index in [9.17, 15) is 0 Å². The van der Waals surface area contributed by atoms with Crippen molar-refractivity contribution in [3.05, 3.63) is 29.3 Å². The van der Waals surface area contributed by atoms with Crippen molar-refractivity contribution in [1.82, 2.24) is 0 Å². The Balaban J connectivity index is 0.000000921. The van der Waals surface area contributed by atoms with Crippen molar-refractivity contribution in [2.24, 2.45) is 0 Å². The number of hydrogen-bond acceptors (Lipinski definition) is 1. The Morgan fingerprint density at radius 1 is 1.33 bits per heavy atom. The van der Waals surface area contributed by atoms with E-state index in [4.69, 9.17) is 4.74 Å². The first-order chi connectivity index (χ1) is 7.15. The van der Waals surface area contributed by atoms with Crippen LogP contribution in [0.25, 0.3) is 0 Å². The topological polar surface area (TPSA) is 9.23 Å².